The zero-order valence-corrected chi connectivity index (χ0v) is 11.1. The van der Waals surface area contributed by atoms with Crippen LogP contribution in [0.15, 0.2) is 24.3 Å². The maximum absolute atomic E-state index is 12.1. The highest BCUT2D eigenvalue weighted by atomic mass is 32.2. The Hall–Kier alpha value is -0.880. The molecule has 0 fully saturated rings. The van der Waals surface area contributed by atoms with Crippen molar-refractivity contribution in [3.05, 3.63) is 29.8 Å². The van der Waals surface area contributed by atoms with Crippen molar-refractivity contribution in [1.29, 1.82) is 0 Å². The monoisotopic (exact) mass is 279 g/mol. The van der Waals surface area contributed by atoms with Gasteiger partial charge in [0.25, 0.3) is 0 Å². The lowest BCUT2D eigenvalue weighted by Crippen LogP contribution is -2.20. The number of rotatable bonds is 6. The van der Waals surface area contributed by atoms with Gasteiger partial charge in [0.15, 0.2) is 0 Å². The Morgan fingerprint density at radius 1 is 1.39 bits per heavy atom. The van der Waals surface area contributed by atoms with Crippen LogP contribution in [0.4, 0.5) is 13.2 Å². The summed E-state index contributed by atoms with van der Waals surface area (Å²) in [7, 11) is 1.79. The maximum atomic E-state index is 12.1. The Balaban J connectivity index is 2.79. The van der Waals surface area contributed by atoms with Gasteiger partial charge in [-0.1, -0.05) is 19.1 Å². The summed E-state index contributed by atoms with van der Waals surface area (Å²) in [5.74, 6) is 1.60. The van der Waals surface area contributed by atoms with E-state index in [0.29, 0.717) is 0 Å². The fraction of sp³-hybridized carbons (Fsp3) is 0.500. The van der Waals surface area contributed by atoms with Crippen molar-refractivity contribution < 1.29 is 17.9 Å². The number of hydrogen-bond donors (Lipinski definition) is 1. The lowest BCUT2D eigenvalue weighted by molar-refractivity contribution is -0.274. The molecule has 0 bridgehead atoms. The maximum Gasteiger partial charge on any atom is 0.573 e. The van der Waals surface area contributed by atoms with E-state index in [4.69, 9.17) is 0 Å². The van der Waals surface area contributed by atoms with Gasteiger partial charge in [0.1, 0.15) is 5.75 Å². The van der Waals surface area contributed by atoms with Crippen LogP contribution >= 0.6 is 11.8 Å². The number of thioether (sulfide) groups is 1. The van der Waals surface area contributed by atoms with Crippen LogP contribution < -0.4 is 10.1 Å². The molecule has 0 saturated heterocycles. The Labute approximate surface area is 109 Å². The van der Waals surface area contributed by atoms with Crippen LogP contribution in [-0.2, 0) is 0 Å². The average Bonchev–Trinajstić information content (AvgIpc) is 2.28. The quantitative estimate of drug-likeness (QED) is 0.859. The van der Waals surface area contributed by atoms with Crippen molar-refractivity contribution in [2.75, 3.05) is 18.6 Å². The highest BCUT2D eigenvalue weighted by Gasteiger charge is 2.31. The standard InChI is InChI=1S/C12H16F3NOS/c1-3-18-8-11(16-2)9-5-4-6-10(7-9)17-12(13,14)15/h4-7,11,16H,3,8H2,1-2H3. The molecule has 0 radical (unpaired) electrons. The minimum Gasteiger partial charge on any atom is -0.406 e. The fourth-order valence-corrected chi connectivity index (χ4v) is 2.34. The van der Waals surface area contributed by atoms with Crippen LogP contribution in [0.1, 0.15) is 18.5 Å². The molecule has 0 aromatic heterocycles. The van der Waals surface area contributed by atoms with E-state index in [1.54, 1.807) is 30.9 Å². The zero-order chi connectivity index (χ0) is 13.6. The third-order valence-corrected chi connectivity index (χ3v) is 3.31. The number of ether oxygens (including phenoxy) is 1. The summed E-state index contributed by atoms with van der Waals surface area (Å²) in [6, 6.07) is 6.10. The lowest BCUT2D eigenvalue weighted by atomic mass is 10.1. The number of nitrogens with one attached hydrogen (secondary N) is 1. The van der Waals surface area contributed by atoms with E-state index in [-0.39, 0.29) is 11.8 Å². The predicted octanol–water partition coefficient (Wildman–Crippen LogP) is 3.60. The molecule has 2 nitrogen and oxygen atoms in total. The van der Waals surface area contributed by atoms with E-state index >= 15 is 0 Å². The summed E-state index contributed by atoms with van der Waals surface area (Å²) in [6.45, 7) is 2.04. The van der Waals surface area contributed by atoms with Gasteiger partial charge in [0.2, 0.25) is 0 Å². The van der Waals surface area contributed by atoms with Crippen molar-refractivity contribution in [2.45, 2.75) is 19.3 Å². The second kappa shape index (κ2) is 6.89. The Kier molecular flexibility index (Phi) is 5.81. The van der Waals surface area contributed by atoms with E-state index < -0.39 is 6.36 Å². The van der Waals surface area contributed by atoms with E-state index in [1.165, 1.54) is 12.1 Å². The smallest absolute Gasteiger partial charge is 0.406 e. The van der Waals surface area contributed by atoms with E-state index in [2.05, 4.69) is 10.1 Å². The molecule has 18 heavy (non-hydrogen) atoms. The van der Waals surface area contributed by atoms with Crippen molar-refractivity contribution in [2.24, 2.45) is 0 Å². The fourth-order valence-electron chi connectivity index (χ4n) is 1.51. The third-order valence-electron chi connectivity index (χ3n) is 2.33. The first-order chi connectivity index (χ1) is 8.46. The molecule has 1 unspecified atom stereocenters. The largest absolute Gasteiger partial charge is 0.573 e. The summed E-state index contributed by atoms with van der Waals surface area (Å²) in [6.07, 6.45) is -4.65. The topological polar surface area (TPSA) is 21.3 Å². The first kappa shape index (κ1) is 15.2. The summed E-state index contributed by atoms with van der Waals surface area (Å²) in [5, 5.41) is 3.09. The molecule has 0 aliphatic rings. The van der Waals surface area contributed by atoms with Crippen LogP contribution in [0.25, 0.3) is 0 Å². The normalized spacial score (nSPS) is 13.4. The average molecular weight is 279 g/mol. The van der Waals surface area contributed by atoms with Gasteiger partial charge < -0.3 is 10.1 Å². The molecule has 0 saturated carbocycles. The Morgan fingerprint density at radius 2 is 2.11 bits per heavy atom. The number of hydrogen-bond acceptors (Lipinski definition) is 3. The Bertz CT molecular complexity index is 371. The summed E-state index contributed by atoms with van der Waals surface area (Å²) >= 11 is 1.73. The molecule has 0 amide bonds. The third kappa shape index (κ3) is 5.18. The highest BCUT2D eigenvalue weighted by Crippen LogP contribution is 2.26. The van der Waals surface area contributed by atoms with Crippen molar-refractivity contribution in [3.8, 4) is 5.75 Å². The molecule has 0 aliphatic heterocycles. The number of benzene rings is 1. The molecule has 1 aromatic carbocycles. The van der Waals surface area contributed by atoms with Crippen molar-refractivity contribution >= 4 is 11.8 Å². The van der Waals surface area contributed by atoms with Gasteiger partial charge in [0.05, 0.1) is 0 Å². The number of alkyl halides is 3. The van der Waals surface area contributed by atoms with Crippen LogP contribution in [0, 0.1) is 0 Å². The van der Waals surface area contributed by atoms with Gasteiger partial charge in [-0.3, -0.25) is 0 Å². The van der Waals surface area contributed by atoms with E-state index in [9.17, 15) is 13.2 Å². The molecule has 1 rings (SSSR count). The van der Waals surface area contributed by atoms with Crippen LogP contribution in [0.3, 0.4) is 0 Å². The molecule has 1 aromatic rings. The molecule has 6 heteroatoms. The van der Waals surface area contributed by atoms with Gasteiger partial charge >= 0.3 is 6.36 Å². The predicted molar refractivity (Wildman–Crippen MR) is 67.9 cm³/mol. The number of halogens is 3. The first-order valence-electron chi connectivity index (χ1n) is 5.57. The second-order valence-corrected chi connectivity index (χ2v) is 4.94. The molecular formula is C12H16F3NOS. The molecule has 0 aliphatic carbocycles. The van der Waals surface area contributed by atoms with Crippen molar-refractivity contribution in [3.63, 3.8) is 0 Å². The minimum absolute atomic E-state index is 0.0201. The van der Waals surface area contributed by atoms with Crippen molar-refractivity contribution in [1.82, 2.24) is 5.32 Å². The lowest BCUT2D eigenvalue weighted by Gasteiger charge is -2.17. The van der Waals surface area contributed by atoms with Gasteiger partial charge in [-0.2, -0.15) is 11.8 Å². The van der Waals surface area contributed by atoms with Gasteiger partial charge in [-0.05, 0) is 30.5 Å². The first-order valence-corrected chi connectivity index (χ1v) is 6.72. The van der Waals surface area contributed by atoms with Gasteiger partial charge in [-0.15, -0.1) is 13.2 Å². The van der Waals surface area contributed by atoms with E-state index in [1.807, 2.05) is 6.92 Å². The highest BCUT2D eigenvalue weighted by molar-refractivity contribution is 7.99. The summed E-state index contributed by atoms with van der Waals surface area (Å²) in [5.41, 5.74) is 0.792. The van der Waals surface area contributed by atoms with Crippen LogP contribution in [0.5, 0.6) is 5.75 Å². The second-order valence-electron chi connectivity index (χ2n) is 3.62. The zero-order valence-electron chi connectivity index (χ0n) is 10.3. The molecule has 1 N–H and O–H groups in total. The molecule has 102 valence electrons. The summed E-state index contributed by atoms with van der Waals surface area (Å²) in [4.78, 5) is 0. The molecular weight excluding hydrogens is 263 g/mol. The van der Waals surface area contributed by atoms with Gasteiger partial charge in [-0.25, -0.2) is 0 Å². The van der Waals surface area contributed by atoms with Gasteiger partial charge in [0, 0.05) is 11.8 Å². The molecule has 0 spiro atoms. The Morgan fingerprint density at radius 3 is 2.67 bits per heavy atom. The minimum atomic E-state index is -4.65. The molecule has 0 heterocycles. The van der Waals surface area contributed by atoms with Crippen LogP contribution in [0.2, 0.25) is 0 Å². The summed E-state index contributed by atoms with van der Waals surface area (Å²) < 4.78 is 40.3. The SMILES string of the molecule is CCSCC(NC)c1cccc(OC(F)(F)F)c1. The van der Waals surface area contributed by atoms with E-state index in [0.717, 1.165) is 17.1 Å². The molecule has 1 atom stereocenters. The van der Waals surface area contributed by atoms with Crippen LogP contribution in [-0.4, -0.2) is 24.9 Å².